The number of para-hydroxylation sites is 1. The Kier molecular flexibility index (Phi) is 2.97. The zero-order chi connectivity index (χ0) is 14.2. The minimum absolute atomic E-state index is 1.02. The van der Waals surface area contributed by atoms with Crippen LogP contribution in [-0.4, -0.2) is 4.98 Å². The number of hydrogen-bond acceptors (Lipinski definition) is 1. The molecule has 3 aromatic carbocycles. The molecule has 1 nitrogen and oxygen atoms in total. The van der Waals surface area contributed by atoms with E-state index < -0.39 is 0 Å². The Morgan fingerprint density at radius 1 is 0.714 bits per heavy atom. The Morgan fingerprint density at radius 3 is 2.33 bits per heavy atom. The van der Waals surface area contributed by atoms with Crippen molar-refractivity contribution in [2.24, 2.45) is 0 Å². The van der Waals surface area contributed by atoms with Gasteiger partial charge in [-0.3, -0.25) is 0 Å². The largest absolute Gasteiger partial charge is 0.248 e. The summed E-state index contributed by atoms with van der Waals surface area (Å²) < 4.78 is 1.10. The molecule has 100 valence electrons. The fourth-order valence-electron chi connectivity index (χ4n) is 2.72. The molecule has 1 heterocycles. The predicted molar refractivity (Wildman–Crippen MR) is 92.4 cm³/mol. The molecule has 0 aliphatic heterocycles. The number of halogens is 1. The van der Waals surface area contributed by atoms with Gasteiger partial charge in [-0.15, -0.1) is 0 Å². The van der Waals surface area contributed by atoms with Crippen LogP contribution in [-0.2, 0) is 0 Å². The average Bonchev–Trinajstić information content (AvgIpc) is 2.54. The van der Waals surface area contributed by atoms with E-state index >= 15 is 0 Å². The Bertz CT molecular complexity index is 945. The van der Waals surface area contributed by atoms with E-state index in [1.807, 2.05) is 12.1 Å². The van der Waals surface area contributed by atoms with E-state index in [0.717, 1.165) is 15.5 Å². The lowest BCUT2D eigenvalue weighted by atomic mass is 9.99. The molecule has 0 fully saturated rings. The standard InChI is InChI=1S/C19H12BrN/c20-16-10-11-18-15(19(16)13-6-2-1-3-7-13)12-14-8-4-5-9-17(14)21-18/h1-12H. The summed E-state index contributed by atoms with van der Waals surface area (Å²) in [6, 6.07) is 25.0. The second-order valence-corrected chi connectivity index (χ2v) is 5.89. The van der Waals surface area contributed by atoms with Crippen molar-refractivity contribution in [1.29, 1.82) is 0 Å². The van der Waals surface area contributed by atoms with Gasteiger partial charge >= 0.3 is 0 Å². The number of nitrogens with zero attached hydrogens (tertiary/aromatic N) is 1. The topological polar surface area (TPSA) is 12.9 Å². The maximum atomic E-state index is 4.78. The minimum atomic E-state index is 1.02. The lowest BCUT2D eigenvalue weighted by Gasteiger charge is -2.10. The number of rotatable bonds is 1. The first-order valence-corrected chi connectivity index (χ1v) is 7.66. The zero-order valence-electron chi connectivity index (χ0n) is 11.3. The highest BCUT2D eigenvalue weighted by atomic mass is 79.9. The summed E-state index contributed by atoms with van der Waals surface area (Å²) in [7, 11) is 0. The minimum Gasteiger partial charge on any atom is -0.248 e. The molecule has 0 unspecified atom stereocenters. The van der Waals surface area contributed by atoms with Crippen LogP contribution in [0, 0.1) is 0 Å². The number of benzene rings is 3. The van der Waals surface area contributed by atoms with E-state index in [-0.39, 0.29) is 0 Å². The van der Waals surface area contributed by atoms with E-state index in [2.05, 4.69) is 76.6 Å². The van der Waals surface area contributed by atoms with Gasteiger partial charge in [0.25, 0.3) is 0 Å². The summed E-state index contributed by atoms with van der Waals surface area (Å²) in [6.45, 7) is 0. The average molecular weight is 334 g/mol. The van der Waals surface area contributed by atoms with Gasteiger partial charge in [0.05, 0.1) is 11.0 Å². The molecular formula is C19H12BrN. The molecule has 0 amide bonds. The van der Waals surface area contributed by atoms with E-state index in [1.54, 1.807) is 0 Å². The fourth-order valence-corrected chi connectivity index (χ4v) is 3.30. The van der Waals surface area contributed by atoms with Crippen LogP contribution in [0.3, 0.4) is 0 Å². The van der Waals surface area contributed by atoms with E-state index in [0.29, 0.717) is 0 Å². The molecule has 0 radical (unpaired) electrons. The van der Waals surface area contributed by atoms with Gasteiger partial charge in [0, 0.05) is 20.8 Å². The van der Waals surface area contributed by atoms with Gasteiger partial charge in [0.1, 0.15) is 0 Å². The van der Waals surface area contributed by atoms with E-state index in [1.165, 1.54) is 21.9 Å². The molecule has 4 rings (SSSR count). The van der Waals surface area contributed by atoms with Gasteiger partial charge in [0.15, 0.2) is 0 Å². The molecule has 0 bridgehead atoms. The molecule has 21 heavy (non-hydrogen) atoms. The molecule has 0 aliphatic carbocycles. The number of fused-ring (bicyclic) bond motifs is 2. The van der Waals surface area contributed by atoms with Crippen LogP contribution in [0.1, 0.15) is 0 Å². The van der Waals surface area contributed by atoms with Crippen LogP contribution in [0.4, 0.5) is 0 Å². The molecule has 0 aliphatic rings. The first kappa shape index (κ1) is 12.5. The third kappa shape index (κ3) is 2.12. The third-order valence-corrected chi connectivity index (χ3v) is 4.37. The van der Waals surface area contributed by atoms with Crippen molar-refractivity contribution < 1.29 is 0 Å². The molecular weight excluding hydrogens is 322 g/mol. The zero-order valence-corrected chi connectivity index (χ0v) is 12.8. The number of pyridine rings is 1. The summed E-state index contributed by atoms with van der Waals surface area (Å²) in [5, 5.41) is 2.34. The molecule has 0 saturated carbocycles. The normalized spacial score (nSPS) is 11.1. The smallest absolute Gasteiger partial charge is 0.0716 e. The van der Waals surface area contributed by atoms with Crippen LogP contribution in [0.5, 0.6) is 0 Å². The second kappa shape index (κ2) is 4.97. The van der Waals surface area contributed by atoms with Crippen molar-refractivity contribution >= 4 is 37.7 Å². The highest BCUT2D eigenvalue weighted by Crippen LogP contribution is 2.36. The van der Waals surface area contributed by atoms with Crippen molar-refractivity contribution in [1.82, 2.24) is 4.98 Å². The highest BCUT2D eigenvalue weighted by molar-refractivity contribution is 9.10. The highest BCUT2D eigenvalue weighted by Gasteiger charge is 2.10. The molecule has 0 N–H and O–H groups in total. The quantitative estimate of drug-likeness (QED) is 0.400. The summed E-state index contributed by atoms with van der Waals surface area (Å²) >= 11 is 3.69. The lowest BCUT2D eigenvalue weighted by molar-refractivity contribution is 1.49. The van der Waals surface area contributed by atoms with Gasteiger partial charge in [0.2, 0.25) is 0 Å². The van der Waals surface area contributed by atoms with E-state index in [4.69, 9.17) is 4.98 Å². The molecule has 1 aromatic heterocycles. The summed E-state index contributed by atoms with van der Waals surface area (Å²) in [5.74, 6) is 0. The third-order valence-electron chi connectivity index (χ3n) is 3.71. The SMILES string of the molecule is Brc1ccc2nc3ccccc3cc2c1-c1ccccc1. The molecule has 0 saturated heterocycles. The van der Waals surface area contributed by atoms with Crippen LogP contribution >= 0.6 is 15.9 Å². The van der Waals surface area contributed by atoms with Crippen LogP contribution in [0.15, 0.2) is 77.3 Å². The Labute approximate surface area is 131 Å². The Hall–Kier alpha value is -2.19. The van der Waals surface area contributed by atoms with Crippen molar-refractivity contribution in [3.63, 3.8) is 0 Å². The van der Waals surface area contributed by atoms with Gasteiger partial charge in [-0.25, -0.2) is 4.98 Å². The van der Waals surface area contributed by atoms with Crippen molar-refractivity contribution in [3.05, 3.63) is 77.3 Å². The monoisotopic (exact) mass is 333 g/mol. The van der Waals surface area contributed by atoms with Gasteiger partial charge < -0.3 is 0 Å². The summed E-state index contributed by atoms with van der Waals surface area (Å²) in [5.41, 5.74) is 4.46. The molecule has 0 spiro atoms. The molecule has 2 heteroatoms. The molecule has 4 aromatic rings. The van der Waals surface area contributed by atoms with Crippen LogP contribution < -0.4 is 0 Å². The number of hydrogen-bond donors (Lipinski definition) is 0. The van der Waals surface area contributed by atoms with Gasteiger partial charge in [-0.1, -0.05) is 64.5 Å². The van der Waals surface area contributed by atoms with Gasteiger partial charge in [-0.2, -0.15) is 0 Å². The number of aromatic nitrogens is 1. The van der Waals surface area contributed by atoms with Crippen molar-refractivity contribution in [3.8, 4) is 11.1 Å². The Balaban J connectivity index is 2.14. The summed E-state index contributed by atoms with van der Waals surface area (Å²) in [6.07, 6.45) is 0. The lowest BCUT2D eigenvalue weighted by Crippen LogP contribution is -1.87. The van der Waals surface area contributed by atoms with Crippen molar-refractivity contribution in [2.75, 3.05) is 0 Å². The van der Waals surface area contributed by atoms with E-state index in [9.17, 15) is 0 Å². The Morgan fingerprint density at radius 2 is 1.48 bits per heavy atom. The van der Waals surface area contributed by atoms with Gasteiger partial charge in [-0.05, 0) is 29.8 Å². The van der Waals surface area contributed by atoms with Crippen molar-refractivity contribution in [2.45, 2.75) is 0 Å². The first-order valence-electron chi connectivity index (χ1n) is 6.86. The predicted octanol–water partition coefficient (Wildman–Crippen LogP) is 5.82. The second-order valence-electron chi connectivity index (χ2n) is 5.04. The van der Waals surface area contributed by atoms with Crippen LogP contribution in [0.25, 0.3) is 32.9 Å². The maximum absolute atomic E-state index is 4.78. The van der Waals surface area contributed by atoms with Crippen LogP contribution in [0.2, 0.25) is 0 Å². The maximum Gasteiger partial charge on any atom is 0.0716 e. The fraction of sp³-hybridized carbons (Fsp3) is 0. The summed E-state index contributed by atoms with van der Waals surface area (Å²) in [4.78, 5) is 4.78. The first-order chi connectivity index (χ1) is 10.3. The molecule has 0 atom stereocenters.